The van der Waals surface area contributed by atoms with E-state index < -0.39 is 10.1 Å². The molecule has 0 aromatic heterocycles. The third kappa shape index (κ3) is 8.71. The van der Waals surface area contributed by atoms with Crippen LogP contribution in [0.2, 0.25) is 0 Å². The van der Waals surface area contributed by atoms with Crippen molar-refractivity contribution in [2.75, 3.05) is 5.75 Å². The average Bonchev–Trinajstić information content (AvgIpc) is 2.35. The molecule has 20 heavy (non-hydrogen) atoms. The first kappa shape index (κ1) is 17.7. The molecule has 0 bridgehead atoms. The topological polar surface area (TPSA) is 54.4 Å². The molecular weight excluding hydrogens is 387 g/mol. The fourth-order valence-corrected chi connectivity index (χ4v) is 4.58. The third-order valence-corrected chi connectivity index (χ3v) is 6.37. The molecule has 0 fully saturated rings. The minimum atomic E-state index is -3.89. The van der Waals surface area contributed by atoms with Crippen molar-refractivity contribution in [3.8, 4) is 0 Å². The van der Waals surface area contributed by atoms with E-state index in [9.17, 15) is 8.42 Å². The summed E-state index contributed by atoms with van der Waals surface area (Å²) in [6, 6.07) is 0. The Hall–Kier alpha value is -0.400. The summed E-state index contributed by atoms with van der Waals surface area (Å²) in [5.41, 5.74) is 2.04. The molecule has 5 heteroatoms. The summed E-state index contributed by atoms with van der Waals surface area (Å²) in [4.78, 5) is 0. The van der Waals surface area contributed by atoms with Gasteiger partial charge in [-0.05, 0) is 0 Å². The monoisotopic (exact) mass is 409 g/mol. The molecule has 0 spiro atoms. The van der Waals surface area contributed by atoms with Crippen LogP contribution in [-0.2, 0) is 10.1 Å². The van der Waals surface area contributed by atoms with Crippen LogP contribution in [0.25, 0.3) is 0 Å². The van der Waals surface area contributed by atoms with Crippen molar-refractivity contribution in [1.82, 2.24) is 0 Å². The van der Waals surface area contributed by atoms with Crippen molar-refractivity contribution in [2.45, 2.75) is 37.0 Å². The van der Waals surface area contributed by atoms with Gasteiger partial charge in [0.2, 0.25) is 0 Å². The van der Waals surface area contributed by atoms with Crippen LogP contribution in [0.5, 0.6) is 0 Å². The van der Waals surface area contributed by atoms with E-state index in [1.54, 1.807) is 6.92 Å². The van der Waals surface area contributed by atoms with Crippen LogP contribution in [0.15, 0.2) is 45.6 Å². The minimum absolute atomic E-state index is 0.158. The molecule has 0 amide bonds. The van der Waals surface area contributed by atoms with Crippen molar-refractivity contribution in [1.29, 1.82) is 0 Å². The van der Waals surface area contributed by atoms with Gasteiger partial charge in [0.05, 0.1) is 0 Å². The quantitative estimate of drug-likeness (QED) is 0.288. The van der Waals surface area contributed by atoms with Gasteiger partial charge in [-0.2, -0.15) is 0 Å². The van der Waals surface area contributed by atoms with Gasteiger partial charge in [0.25, 0.3) is 0 Å². The van der Waals surface area contributed by atoms with Crippen LogP contribution in [0, 0.1) is 0 Å². The summed E-state index contributed by atoms with van der Waals surface area (Å²) in [5.74, 6) is -0.264. The number of allylic oxidation sites excluding steroid dienone is 6. The second-order valence-corrected chi connectivity index (χ2v) is 9.44. The molecule has 1 aliphatic rings. The molecule has 1 N–H and O–H groups in total. The summed E-state index contributed by atoms with van der Waals surface area (Å²) >= 11 is 0.158. The summed E-state index contributed by atoms with van der Waals surface area (Å²) < 4.78 is 33.2. The van der Waals surface area contributed by atoms with Crippen LogP contribution in [0.1, 0.15) is 33.1 Å². The molecule has 0 saturated carbocycles. The Morgan fingerprint density at radius 1 is 1.25 bits per heavy atom. The number of halogens is 1. The predicted octanol–water partition coefficient (Wildman–Crippen LogP) is 0.478. The van der Waals surface area contributed by atoms with Crippen LogP contribution >= 0.6 is 0 Å². The number of alkyl halides is 1. The maximum atomic E-state index is 10.7. The van der Waals surface area contributed by atoms with E-state index in [0.29, 0.717) is 9.50 Å². The van der Waals surface area contributed by atoms with E-state index in [-0.39, 0.29) is 27.0 Å². The molecule has 0 aromatic rings. The van der Waals surface area contributed by atoms with E-state index in [2.05, 4.69) is 35.3 Å². The SMILES string of the molecule is CC(=CCC/C(C)=C\CC1C=CC=C[I-]1)CS(=O)(=O)O. The van der Waals surface area contributed by atoms with Gasteiger partial charge in [-0.15, -0.1) is 0 Å². The van der Waals surface area contributed by atoms with E-state index in [1.807, 2.05) is 6.08 Å². The van der Waals surface area contributed by atoms with Gasteiger partial charge in [-0.1, -0.05) is 0 Å². The average molecular weight is 409 g/mol. The van der Waals surface area contributed by atoms with E-state index in [4.69, 9.17) is 4.55 Å². The predicted molar refractivity (Wildman–Crippen MR) is 79.8 cm³/mol. The summed E-state index contributed by atoms with van der Waals surface area (Å²) in [7, 11) is -3.89. The van der Waals surface area contributed by atoms with Crippen LogP contribution in [0.4, 0.5) is 0 Å². The fraction of sp³-hybridized carbons (Fsp3) is 0.467. The van der Waals surface area contributed by atoms with Crippen molar-refractivity contribution in [3.63, 3.8) is 0 Å². The Balaban J connectivity index is 2.31. The zero-order chi connectivity index (χ0) is 15.0. The van der Waals surface area contributed by atoms with Gasteiger partial charge < -0.3 is 0 Å². The van der Waals surface area contributed by atoms with E-state index in [1.165, 1.54) is 5.57 Å². The Morgan fingerprint density at radius 3 is 2.60 bits per heavy atom. The van der Waals surface area contributed by atoms with Crippen molar-refractivity contribution >= 4 is 10.1 Å². The van der Waals surface area contributed by atoms with Gasteiger partial charge in [0.15, 0.2) is 0 Å². The molecule has 1 aliphatic heterocycles. The zero-order valence-electron chi connectivity index (χ0n) is 11.9. The van der Waals surface area contributed by atoms with E-state index >= 15 is 0 Å². The van der Waals surface area contributed by atoms with Crippen LogP contribution in [-0.4, -0.2) is 22.6 Å². The van der Waals surface area contributed by atoms with Crippen molar-refractivity contribution in [2.24, 2.45) is 0 Å². The third-order valence-electron chi connectivity index (χ3n) is 2.87. The molecule has 1 heterocycles. The van der Waals surface area contributed by atoms with Gasteiger partial charge in [0.1, 0.15) is 0 Å². The molecule has 1 unspecified atom stereocenters. The first-order chi connectivity index (χ1) is 9.37. The second kappa shape index (κ2) is 8.79. The van der Waals surface area contributed by atoms with Crippen molar-refractivity contribution in [3.05, 3.63) is 45.6 Å². The van der Waals surface area contributed by atoms with Gasteiger partial charge in [-0.25, -0.2) is 0 Å². The van der Waals surface area contributed by atoms with Gasteiger partial charge >= 0.3 is 133 Å². The maximum absolute atomic E-state index is 10.7. The summed E-state index contributed by atoms with van der Waals surface area (Å²) in [6.45, 7) is 3.85. The Labute approximate surface area is 132 Å². The molecule has 3 nitrogen and oxygen atoms in total. The Bertz CT molecular complexity index is 527. The summed E-state index contributed by atoms with van der Waals surface area (Å²) in [5, 5.41) is 0. The molecular formula is C15H22IO3S-. The first-order valence-electron chi connectivity index (χ1n) is 6.58. The standard InChI is InChI=1S/C15H22IO3S/c1-13(9-10-15-8-3-4-11-16-15)6-5-7-14(2)12-20(17,18)19/h3-4,7-9,11,15H,5-6,10,12H2,1-2H3,(H,17,18,19)/q-1/b13-9-,14-7?. The molecule has 0 radical (unpaired) electrons. The fourth-order valence-electron chi connectivity index (χ4n) is 1.84. The number of hydrogen-bond donors (Lipinski definition) is 1. The zero-order valence-corrected chi connectivity index (χ0v) is 14.9. The Morgan fingerprint density at radius 2 is 2.00 bits per heavy atom. The van der Waals surface area contributed by atoms with Gasteiger partial charge in [0, 0.05) is 0 Å². The van der Waals surface area contributed by atoms with Crippen LogP contribution < -0.4 is 21.2 Å². The van der Waals surface area contributed by atoms with Gasteiger partial charge in [-0.3, -0.25) is 0 Å². The molecule has 1 rings (SSSR count). The molecule has 0 aromatic carbocycles. The number of rotatable bonds is 7. The molecule has 0 saturated heterocycles. The summed E-state index contributed by atoms with van der Waals surface area (Å²) in [6.07, 6.45) is 13.6. The normalized spacial score (nSPS) is 20.9. The van der Waals surface area contributed by atoms with Crippen molar-refractivity contribution < 1.29 is 34.2 Å². The first-order valence-corrected chi connectivity index (χ1v) is 10.7. The second-order valence-electron chi connectivity index (χ2n) is 4.95. The number of hydrogen-bond acceptors (Lipinski definition) is 2. The molecule has 114 valence electrons. The van der Waals surface area contributed by atoms with E-state index in [0.717, 1.165) is 19.3 Å². The van der Waals surface area contributed by atoms with Crippen LogP contribution in [0.3, 0.4) is 0 Å². The molecule has 0 aliphatic carbocycles. The molecule has 1 atom stereocenters. The Kier molecular flexibility index (Phi) is 7.76.